The van der Waals surface area contributed by atoms with Gasteiger partial charge in [0.05, 0.1) is 12.0 Å². The Morgan fingerprint density at radius 2 is 2.13 bits per heavy atom. The summed E-state index contributed by atoms with van der Waals surface area (Å²) in [4.78, 5) is 18.3. The predicted molar refractivity (Wildman–Crippen MR) is 87.1 cm³/mol. The Hall–Kier alpha value is -1.95. The molecule has 0 radical (unpaired) electrons. The van der Waals surface area contributed by atoms with Crippen LogP contribution in [-0.2, 0) is 25.9 Å². The zero-order valence-corrected chi connectivity index (χ0v) is 13.4. The summed E-state index contributed by atoms with van der Waals surface area (Å²) in [6, 6.07) is 1.53. The molecule has 2 aromatic heterocycles. The van der Waals surface area contributed by atoms with Gasteiger partial charge in [0, 0.05) is 31.0 Å². The van der Waals surface area contributed by atoms with Gasteiger partial charge in [-0.2, -0.15) is 5.10 Å². The maximum Gasteiger partial charge on any atom is 0.253 e. The molecule has 0 atom stereocenters. The Morgan fingerprint density at radius 3 is 2.96 bits per heavy atom. The van der Waals surface area contributed by atoms with Gasteiger partial charge in [-0.25, -0.2) is 4.98 Å². The summed E-state index contributed by atoms with van der Waals surface area (Å²) in [6.07, 6.45) is 9.08. The monoisotopic (exact) mass is 313 g/mol. The maximum absolute atomic E-state index is 11.8. The summed E-state index contributed by atoms with van der Waals surface area (Å²) in [7, 11) is 0. The van der Waals surface area contributed by atoms with Gasteiger partial charge in [0.2, 0.25) is 0 Å². The molecule has 0 spiro atoms. The number of hydrogen-bond acceptors (Lipinski definition) is 4. The van der Waals surface area contributed by atoms with Gasteiger partial charge < -0.3 is 0 Å². The fourth-order valence-corrected chi connectivity index (χ4v) is 3.85. The summed E-state index contributed by atoms with van der Waals surface area (Å²) in [5.74, 6) is 0.568. The van der Waals surface area contributed by atoms with Crippen LogP contribution in [0.2, 0.25) is 0 Å². The summed E-state index contributed by atoms with van der Waals surface area (Å²) < 4.78 is 1.74. The molecular weight excluding hydrogens is 290 g/mol. The van der Waals surface area contributed by atoms with E-state index in [9.17, 15) is 4.79 Å². The summed E-state index contributed by atoms with van der Waals surface area (Å²) >= 11 is 0. The molecule has 6 heteroatoms. The smallest absolute Gasteiger partial charge is 0.253 e. The maximum atomic E-state index is 11.8. The third-order valence-corrected chi connectivity index (χ3v) is 5.22. The van der Waals surface area contributed by atoms with Gasteiger partial charge in [-0.1, -0.05) is 0 Å². The van der Waals surface area contributed by atoms with Crippen molar-refractivity contribution in [3.8, 4) is 0 Å². The standard InChI is InChI=1S/C17H23N5O/c23-17-4-7-18-12-22(17)10-13-5-8-21(9-6-13)11-16-14-2-1-3-15(14)19-20-16/h4,7,12-13H,1-3,5-6,8-11H2,(H,19,20). The Labute approximate surface area is 135 Å². The molecule has 4 rings (SSSR count). The second-order valence-corrected chi connectivity index (χ2v) is 6.77. The van der Waals surface area contributed by atoms with Gasteiger partial charge >= 0.3 is 0 Å². The quantitative estimate of drug-likeness (QED) is 0.926. The van der Waals surface area contributed by atoms with Crippen molar-refractivity contribution in [3.63, 3.8) is 0 Å². The first-order chi connectivity index (χ1) is 11.3. The number of fused-ring (bicyclic) bond motifs is 1. The number of H-pyrrole nitrogens is 1. The topological polar surface area (TPSA) is 66.8 Å². The molecule has 0 unspecified atom stereocenters. The molecule has 0 bridgehead atoms. The minimum absolute atomic E-state index is 0.0505. The van der Waals surface area contributed by atoms with Gasteiger partial charge in [0.25, 0.3) is 5.56 Å². The van der Waals surface area contributed by atoms with Gasteiger partial charge in [-0.05, 0) is 56.7 Å². The highest BCUT2D eigenvalue weighted by atomic mass is 16.1. The number of aromatic nitrogens is 4. The lowest BCUT2D eigenvalue weighted by Crippen LogP contribution is -2.36. The molecule has 23 heavy (non-hydrogen) atoms. The van der Waals surface area contributed by atoms with Crippen LogP contribution in [0, 0.1) is 5.92 Å². The third kappa shape index (κ3) is 3.08. The van der Waals surface area contributed by atoms with E-state index in [-0.39, 0.29) is 5.56 Å². The summed E-state index contributed by atoms with van der Waals surface area (Å²) in [5, 5.41) is 7.71. The van der Waals surface area contributed by atoms with E-state index < -0.39 is 0 Å². The van der Waals surface area contributed by atoms with Crippen LogP contribution in [-0.4, -0.2) is 37.7 Å². The molecule has 2 aliphatic rings. The van der Waals surface area contributed by atoms with E-state index in [0.29, 0.717) is 5.92 Å². The second kappa shape index (κ2) is 6.28. The lowest BCUT2D eigenvalue weighted by molar-refractivity contribution is 0.164. The van der Waals surface area contributed by atoms with Crippen molar-refractivity contribution in [2.24, 2.45) is 5.92 Å². The molecule has 1 N–H and O–H groups in total. The fraction of sp³-hybridized carbons (Fsp3) is 0.588. The van der Waals surface area contributed by atoms with Crippen LogP contribution in [0.4, 0.5) is 0 Å². The van der Waals surface area contributed by atoms with Crippen molar-refractivity contribution in [2.75, 3.05) is 13.1 Å². The van der Waals surface area contributed by atoms with Crippen LogP contribution in [0.5, 0.6) is 0 Å². The van der Waals surface area contributed by atoms with Gasteiger partial charge in [0.1, 0.15) is 0 Å². The Kier molecular flexibility index (Phi) is 3.99. The Bertz CT molecular complexity index is 727. The van der Waals surface area contributed by atoms with Crippen molar-refractivity contribution in [3.05, 3.63) is 45.9 Å². The van der Waals surface area contributed by atoms with E-state index >= 15 is 0 Å². The SMILES string of the molecule is O=c1ccncn1CC1CCN(Cc2n[nH]c3c2CCC3)CC1. The molecule has 0 amide bonds. The summed E-state index contributed by atoms with van der Waals surface area (Å²) in [5.41, 5.74) is 4.12. The van der Waals surface area contributed by atoms with Crippen LogP contribution in [0.3, 0.4) is 0 Å². The van der Waals surface area contributed by atoms with Crippen molar-refractivity contribution in [1.29, 1.82) is 0 Å². The third-order valence-electron chi connectivity index (χ3n) is 5.22. The zero-order chi connectivity index (χ0) is 15.6. The highest BCUT2D eigenvalue weighted by Gasteiger charge is 2.23. The van der Waals surface area contributed by atoms with E-state index in [1.165, 1.54) is 35.9 Å². The summed E-state index contributed by atoms with van der Waals surface area (Å²) in [6.45, 7) is 3.92. The van der Waals surface area contributed by atoms with Crippen molar-refractivity contribution < 1.29 is 0 Å². The van der Waals surface area contributed by atoms with Crippen LogP contribution >= 0.6 is 0 Å². The fourth-order valence-electron chi connectivity index (χ4n) is 3.85. The molecule has 3 heterocycles. The number of nitrogens with one attached hydrogen (secondary N) is 1. The van der Waals surface area contributed by atoms with Crippen molar-refractivity contribution in [2.45, 2.75) is 45.2 Å². The molecule has 0 aromatic carbocycles. The Balaban J connectivity index is 1.32. The number of rotatable bonds is 4. The van der Waals surface area contributed by atoms with E-state index in [0.717, 1.165) is 45.4 Å². The van der Waals surface area contributed by atoms with Crippen molar-refractivity contribution >= 4 is 0 Å². The molecule has 1 fully saturated rings. The number of likely N-dealkylation sites (tertiary alicyclic amines) is 1. The van der Waals surface area contributed by atoms with Crippen LogP contribution in [0.1, 0.15) is 36.2 Å². The van der Waals surface area contributed by atoms with E-state index in [4.69, 9.17) is 0 Å². The van der Waals surface area contributed by atoms with Gasteiger partial charge in [0.15, 0.2) is 0 Å². The molecule has 1 saturated heterocycles. The minimum atomic E-state index is 0.0505. The van der Waals surface area contributed by atoms with E-state index in [2.05, 4.69) is 20.1 Å². The van der Waals surface area contributed by atoms with Gasteiger partial charge in [-0.15, -0.1) is 0 Å². The average molecular weight is 313 g/mol. The molecule has 0 saturated carbocycles. The molecule has 122 valence electrons. The van der Waals surface area contributed by atoms with Crippen LogP contribution in [0.15, 0.2) is 23.4 Å². The zero-order valence-electron chi connectivity index (χ0n) is 13.4. The highest BCUT2D eigenvalue weighted by molar-refractivity contribution is 5.29. The molecular formula is C17H23N5O. The second-order valence-electron chi connectivity index (χ2n) is 6.77. The molecule has 2 aromatic rings. The number of aromatic amines is 1. The number of aryl methyl sites for hydroxylation is 1. The molecule has 1 aliphatic heterocycles. The number of piperidine rings is 1. The minimum Gasteiger partial charge on any atom is -0.299 e. The highest BCUT2D eigenvalue weighted by Crippen LogP contribution is 2.25. The first-order valence-electron chi connectivity index (χ1n) is 8.57. The lowest BCUT2D eigenvalue weighted by atomic mass is 9.96. The first-order valence-corrected chi connectivity index (χ1v) is 8.57. The molecule has 1 aliphatic carbocycles. The van der Waals surface area contributed by atoms with Gasteiger partial charge in [-0.3, -0.25) is 19.4 Å². The molecule has 6 nitrogen and oxygen atoms in total. The van der Waals surface area contributed by atoms with Crippen LogP contribution in [0.25, 0.3) is 0 Å². The number of hydrogen-bond donors (Lipinski definition) is 1. The van der Waals surface area contributed by atoms with Crippen molar-refractivity contribution in [1.82, 2.24) is 24.6 Å². The number of nitrogens with zero attached hydrogens (tertiary/aromatic N) is 4. The van der Waals surface area contributed by atoms with E-state index in [1.54, 1.807) is 17.1 Å². The first kappa shape index (κ1) is 14.6. The average Bonchev–Trinajstić information content (AvgIpc) is 3.17. The largest absolute Gasteiger partial charge is 0.299 e. The predicted octanol–water partition coefficient (Wildman–Crippen LogP) is 1.37. The van der Waals surface area contributed by atoms with E-state index in [1.807, 2.05) is 0 Å². The van der Waals surface area contributed by atoms with Crippen LogP contribution < -0.4 is 5.56 Å². The normalized spacial score (nSPS) is 19.1. The Morgan fingerprint density at radius 1 is 1.26 bits per heavy atom. The lowest BCUT2D eigenvalue weighted by Gasteiger charge is -2.31.